The van der Waals surface area contributed by atoms with E-state index in [9.17, 15) is 0 Å². The molecule has 0 aliphatic rings. The smallest absolute Gasteiger partial charge is 0.115 e. The Kier molecular flexibility index (Phi) is 3.27. The molecule has 16 heavy (non-hydrogen) atoms. The van der Waals surface area contributed by atoms with Gasteiger partial charge in [0.2, 0.25) is 0 Å². The fraction of sp³-hybridized carbons (Fsp3) is 0.231. The van der Waals surface area contributed by atoms with E-state index in [2.05, 4.69) is 53.2 Å². The van der Waals surface area contributed by atoms with E-state index in [1.54, 1.807) is 6.33 Å². The van der Waals surface area contributed by atoms with Crippen molar-refractivity contribution in [1.29, 1.82) is 0 Å². The van der Waals surface area contributed by atoms with Gasteiger partial charge < -0.3 is 4.90 Å². The van der Waals surface area contributed by atoms with Crippen molar-refractivity contribution in [2.24, 2.45) is 0 Å². The van der Waals surface area contributed by atoms with E-state index in [0.29, 0.717) is 0 Å². The maximum Gasteiger partial charge on any atom is 0.115 e. The second kappa shape index (κ2) is 4.86. The van der Waals surface area contributed by atoms with Crippen LogP contribution in [0.4, 0.5) is 0 Å². The maximum atomic E-state index is 4.03. The van der Waals surface area contributed by atoms with Gasteiger partial charge in [-0.05, 0) is 31.3 Å². The zero-order valence-corrected chi connectivity index (χ0v) is 9.59. The quantitative estimate of drug-likeness (QED) is 0.782. The second-order valence-electron chi connectivity index (χ2n) is 4.07. The molecule has 0 fully saturated rings. The summed E-state index contributed by atoms with van der Waals surface area (Å²) >= 11 is 0. The molecule has 0 amide bonds. The van der Waals surface area contributed by atoms with Gasteiger partial charge in [-0.2, -0.15) is 0 Å². The minimum absolute atomic E-state index is 0.946. The summed E-state index contributed by atoms with van der Waals surface area (Å²) in [5.41, 5.74) is 3.52. The molecule has 0 unspecified atom stereocenters. The molecule has 3 heteroatoms. The molecule has 1 aromatic heterocycles. The first-order valence-corrected chi connectivity index (χ1v) is 5.25. The van der Waals surface area contributed by atoms with E-state index in [1.807, 2.05) is 12.4 Å². The van der Waals surface area contributed by atoms with E-state index in [-0.39, 0.29) is 0 Å². The van der Waals surface area contributed by atoms with Crippen LogP contribution >= 0.6 is 0 Å². The Morgan fingerprint density at radius 2 is 1.81 bits per heavy atom. The summed E-state index contributed by atoms with van der Waals surface area (Å²) < 4.78 is 0. The van der Waals surface area contributed by atoms with Crippen molar-refractivity contribution in [2.45, 2.75) is 6.54 Å². The first kappa shape index (κ1) is 10.8. The van der Waals surface area contributed by atoms with Crippen LogP contribution in [-0.2, 0) is 6.54 Å². The van der Waals surface area contributed by atoms with E-state index in [0.717, 1.165) is 12.1 Å². The van der Waals surface area contributed by atoms with Crippen molar-refractivity contribution in [1.82, 2.24) is 14.9 Å². The molecular formula is C13H15N3. The van der Waals surface area contributed by atoms with Crippen LogP contribution in [0.15, 0.2) is 43.0 Å². The Morgan fingerprint density at radius 3 is 2.50 bits per heavy atom. The molecular weight excluding hydrogens is 198 g/mol. The highest BCUT2D eigenvalue weighted by Gasteiger charge is 2.00. The summed E-state index contributed by atoms with van der Waals surface area (Å²) in [7, 11) is 4.14. The standard InChI is InChI=1S/C13H15N3/c1-16(2)9-11-4-3-5-12(6-11)13-7-14-10-15-8-13/h3-8,10H,9H2,1-2H3. The second-order valence-corrected chi connectivity index (χ2v) is 4.07. The van der Waals surface area contributed by atoms with Crippen LogP contribution in [0, 0.1) is 0 Å². The predicted octanol–water partition coefficient (Wildman–Crippen LogP) is 2.21. The summed E-state index contributed by atoms with van der Waals surface area (Å²) in [5.74, 6) is 0. The van der Waals surface area contributed by atoms with Crippen molar-refractivity contribution in [2.75, 3.05) is 14.1 Å². The molecule has 0 aliphatic carbocycles. The Morgan fingerprint density at radius 1 is 1.06 bits per heavy atom. The van der Waals surface area contributed by atoms with Crippen LogP contribution in [-0.4, -0.2) is 29.0 Å². The molecule has 1 heterocycles. The van der Waals surface area contributed by atoms with Gasteiger partial charge in [-0.3, -0.25) is 0 Å². The summed E-state index contributed by atoms with van der Waals surface area (Å²) in [5, 5.41) is 0. The predicted molar refractivity (Wildman–Crippen MR) is 64.9 cm³/mol. The van der Waals surface area contributed by atoms with Gasteiger partial charge in [-0.25, -0.2) is 9.97 Å². The fourth-order valence-corrected chi connectivity index (χ4v) is 1.66. The van der Waals surface area contributed by atoms with Crippen LogP contribution < -0.4 is 0 Å². The molecule has 2 aromatic rings. The van der Waals surface area contributed by atoms with E-state index in [4.69, 9.17) is 0 Å². The third-order valence-electron chi connectivity index (χ3n) is 2.32. The minimum atomic E-state index is 0.946. The lowest BCUT2D eigenvalue weighted by atomic mass is 10.1. The molecule has 0 aliphatic heterocycles. The van der Waals surface area contributed by atoms with Gasteiger partial charge in [0.25, 0.3) is 0 Å². The van der Waals surface area contributed by atoms with Crippen LogP contribution in [0.3, 0.4) is 0 Å². The highest BCUT2D eigenvalue weighted by atomic mass is 15.0. The first-order valence-electron chi connectivity index (χ1n) is 5.25. The lowest BCUT2D eigenvalue weighted by Gasteiger charge is -2.10. The van der Waals surface area contributed by atoms with Crippen LogP contribution in [0.5, 0.6) is 0 Å². The SMILES string of the molecule is CN(C)Cc1cccc(-c2cncnc2)c1. The van der Waals surface area contributed by atoms with Crippen LogP contribution in [0.25, 0.3) is 11.1 Å². The lowest BCUT2D eigenvalue weighted by Crippen LogP contribution is -2.10. The number of nitrogens with zero attached hydrogens (tertiary/aromatic N) is 3. The van der Waals surface area contributed by atoms with Crippen LogP contribution in [0.2, 0.25) is 0 Å². The number of aromatic nitrogens is 2. The van der Waals surface area contributed by atoms with E-state index in [1.165, 1.54) is 11.1 Å². The van der Waals surface area contributed by atoms with Crippen molar-refractivity contribution < 1.29 is 0 Å². The Bertz CT molecular complexity index is 452. The fourth-order valence-electron chi connectivity index (χ4n) is 1.66. The number of rotatable bonds is 3. The number of benzene rings is 1. The van der Waals surface area contributed by atoms with Crippen LogP contribution in [0.1, 0.15) is 5.56 Å². The average Bonchev–Trinajstić information content (AvgIpc) is 2.30. The molecule has 0 saturated carbocycles. The molecule has 3 nitrogen and oxygen atoms in total. The minimum Gasteiger partial charge on any atom is -0.305 e. The topological polar surface area (TPSA) is 29.0 Å². The first-order chi connectivity index (χ1) is 7.75. The zero-order chi connectivity index (χ0) is 11.4. The normalized spacial score (nSPS) is 10.7. The Labute approximate surface area is 95.8 Å². The lowest BCUT2D eigenvalue weighted by molar-refractivity contribution is 0.402. The zero-order valence-electron chi connectivity index (χ0n) is 9.59. The van der Waals surface area contributed by atoms with Gasteiger partial charge in [-0.15, -0.1) is 0 Å². The van der Waals surface area contributed by atoms with Gasteiger partial charge in [0.05, 0.1) is 0 Å². The third-order valence-corrected chi connectivity index (χ3v) is 2.32. The average molecular weight is 213 g/mol. The van der Waals surface area contributed by atoms with Crippen molar-refractivity contribution in [3.8, 4) is 11.1 Å². The van der Waals surface area contributed by atoms with Crippen molar-refractivity contribution in [3.63, 3.8) is 0 Å². The molecule has 0 atom stereocenters. The molecule has 2 rings (SSSR count). The highest BCUT2D eigenvalue weighted by molar-refractivity contribution is 5.62. The molecule has 0 bridgehead atoms. The van der Waals surface area contributed by atoms with Gasteiger partial charge in [0, 0.05) is 24.5 Å². The molecule has 0 radical (unpaired) electrons. The summed E-state index contributed by atoms with van der Waals surface area (Å²) in [6.45, 7) is 0.946. The summed E-state index contributed by atoms with van der Waals surface area (Å²) in [6.07, 6.45) is 5.22. The van der Waals surface area contributed by atoms with Gasteiger partial charge in [0.1, 0.15) is 6.33 Å². The molecule has 0 spiro atoms. The van der Waals surface area contributed by atoms with Crippen molar-refractivity contribution >= 4 is 0 Å². The van der Waals surface area contributed by atoms with Gasteiger partial charge in [0.15, 0.2) is 0 Å². The van der Waals surface area contributed by atoms with E-state index < -0.39 is 0 Å². The van der Waals surface area contributed by atoms with Crippen molar-refractivity contribution in [3.05, 3.63) is 48.5 Å². The Hall–Kier alpha value is -1.74. The molecule has 1 aromatic carbocycles. The number of hydrogen-bond acceptors (Lipinski definition) is 3. The molecule has 82 valence electrons. The van der Waals surface area contributed by atoms with Gasteiger partial charge >= 0.3 is 0 Å². The molecule has 0 saturated heterocycles. The molecule has 0 N–H and O–H groups in total. The number of hydrogen-bond donors (Lipinski definition) is 0. The maximum absolute atomic E-state index is 4.03. The largest absolute Gasteiger partial charge is 0.305 e. The Balaban J connectivity index is 2.29. The summed E-state index contributed by atoms with van der Waals surface area (Å²) in [4.78, 5) is 10.2. The van der Waals surface area contributed by atoms with E-state index >= 15 is 0 Å². The monoisotopic (exact) mass is 213 g/mol. The highest BCUT2D eigenvalue weighted by Crippen LogP contribution is 2.18. The van der Waals surface area contributed by atoms with Gasteiger partial charge in [-0.1, -0.05) is 18.2 Å². The summed E-state index contributed by atoms with van der Waals surface area (Å²) in [6, 6.07) is 8.46. The third kappa shape index (κ3) is 2.64.